The third kappa shape index (κ3) is 3.08. The molecule has 3 rings (SSSR count). The molecule has 0 unspecified atom stereocenters. The van der Waals surface area contributed by atoms with E-state index < -0.39 is 0 Å². The lowest BCUT2D eigenvalue weighted by atomic mass is 9.80. The molecular formula is C14H17N5O. The highest BCUT2D eigenvalue weighted by Crippen LogP contribution is 2.35. The summed E-state index contributed by atoms with van der Waals surface area (Å²) in [6, 6.07) is 1.97. The molecule has 1 aliphatic carbocycles. The van der Waals surface area contributed by atoms with E-state index in [0.29, 0.717) is 5.92 Å². The van der Waals surface area contributed by atoms with Crippen LogP contribution in [0.5, 0.6) is 0 Å². The number of aromatic nitrogens is 4. The lowest BCUT2D eigenvalue weighted by Crippen LogP contribution is -2.27. The normalized spacial score (nSPS) is 21.2. The Morgan fingerprint density at radius 2 is 2.10 bits per heavy atom. The fourth-order valence-corrected chi connectivity index (χ4v) is 2.30. The molecule has 2 aromatic heterocycles. The first-order chi connectivity index (χ1) is 9.81. The minimum absolute atomic E-state index is 0.164. The maximum absolute atomic E-state index is 9.34. The van der Waals surface area contributed by atoms with Crippen LogP contribution in [0.15, 0.2) is 31.0 Å². The van der Waals surface area contributed by atoms with Gasteiger partial charge in [0.2, 0.25) is 0 Å². The summed E-state index contributed by atoms with van der Waals surface area (Å²) in [4.78, 5) is 16.7. The second-order valence-electron chi connectivity index (χ2n) is 5.02. The summed E-state index contributed by atoms with van der Waals surface area (Å²) in [5, 5.41) is 12.6. The number of rotatable bonds is 5. The number of hydrogen-bond donors (Lipinski definition) is 2. The van der Waals surface area contributed by atoms with Gasteiger partial charge >= 0.3 is 0 Å². The molecule has 0 aliphatic heterocycles. The summed E-state index contributed by atoms with van der Waals surface area (Å²) >= 11 is 0. The fraction of sp³-hybridized carbons (Fsp3) is 0.429. The molecule has 2 N–H and O–H groups in total. The summed E-state index contributed by atoms with van der Waals surface area (Å²) in [6.07, 6.45) is 8.94. The molecule has 104 valence electrons. The van der Waals surface area contributed by atoms with Crippen molar-refractivity contribution in [2.45, 2.75) is 31.3 Å². The van der Waals surface area contributed by atoms with Crippen molar-refractivity contribution in [3.8, 4) is 0 Å². The van der Waals surface area contributed by atoms with Gasteiger partial charge in [-0.25, -0.2) is 9.97 Å². The van der Waals surface area contributed by atoms with E-state index in [-0.39, 0.29) is 6.10 Å². The van der Waals surface area contributed by atoms with Crippen LogP contribution in [0.25, 0.3) is 0 Å². The van der Waals surface area contributed by atoms with Crippen LogP contribution >= 0.6 is 0 Å². The van der Waals surface area contributed by atoms with Crippen molar-refractivity contribution in [3.05, 3.63) is 42.4 Å². The molecule has 20 heavy (non-hydrogen) atoms. The lowest BCUT2D eigenvalue weighted by molar-refractivity contribution is 0.0732. The second kappa shape index (κ2) is 5.92. The Labute approximate surface area is 117 Å². The summed E-state index contributed by atoms with van der Waals surface area (Å²) in [5.74, 6) is 1.19. The van der Waals surface area contributed by atoms with Gasteiger partial charge in [0.15, 0.2) is 0 Å². The van der Waals surface area contributed by atoms with Gasteiger partial charge in [0.25, 0.3) is 0 Å². The SMILES string of the molecule is OC1CC(c2cc(NCCc3cnccn3)ncn2)C1. The predicted octanol–water partition coefficient (Wildman–Crippen LogP) is 1.16. The number of nitrogens with one attached hydrogen (secondary N) is 1. The molecule has 6 heteroatoms. The van der Waals surface area contributed by atoms with Gasteiger partial charge in [0.05, 0.1) is 11.8 Å². The van der Waals surface area contributed by atoms with E-state index in [1.165, 1.54) is 0 Å². The summed E-state index contributed by atoms with van der Waals surface area (Å²) in [6.45, 7) is 0.752. The Hall–Kier alpha value is -2.08. The molecule has 0 bridgehead atoms. The van der Waals surface area contributed by atoms with Crippen molar-refractivity contribution in [2.24, 2.45) is 0 Å². The predicted molar refractivity (Wildman–Crippen MR) is 74.2 cm³/mol. The number of anilines is 1. The quantitative estimate of drug-likeness (QED) is 0.849. The molecule has 6 nitrogen and oxygen atoms in total. The van der Waals surface area contributed by atoms with Crippen molar-refractivity contribution < 1.29 is 5.11 Å². The summed E-state index contributed by atoms with van der Waals surface area (Å²) in [7, 11) is 0. The van der Waals surface area contributed by atoms with Crippen LogP contribution < -0.4 is 5.32 Å². The van der Waals surface area contributed by atoms with Gasteiger partial charge in [-0.3, -0.25) is 9.97 Å². The molecule has 2 aromatic rings. The minimum Gasteiger partial charge on any atom is -0.393 e. The Balaban J connectivity index is 1.54. The first-order valence-corrected chi connectivity index (χ1v) is 6.80. The van der Waals surface area contributed by atoms with Crippen LogP contribution in [-0.4, -0.2) is 37.7 Å². The van der Waals surface area contributed by atoms with Crippen molar-refractivity contribution in [1.29, 1.82) is 0 Å². The highest BCUT2D eigenvalue weighted by molar-refractivity contribution is 5.36. The van der Waals surface area contributed by atoms with Gasteiger partial charge in [-0.1, -0.05) is 0 Å². The molecule has 1 aliphatic rings. The maximum Gasteiger partial charge on any atom is 0.129 e. The molecule has 1 saturated carbocycles. The minimum atomic E-state index is -0.164. The van der Waals surface area contributed by atoms with Crippen LogP contribution in [-0.2, 0) is 6.42 Å². The Kier molecular flexibility index (Phi) is 3.83. The maximum atomic E-state index is 9.34. The lowest BCUT2D eigenvalue weighted by Gasteiger charge is -2.30. The molecule has 1 fully saturated rings. The van der Waals surface area contributed by atoms with Crippen molar-refractivity contribution in [1.82, 2.24) is 19.9 Å². The third-order valence-corrected chi connectivity index (χ3v) is 3.52. The van der Waals surface area contributed by atoms with Gasteiger partial charge in [0.1, 0.15) is 12.1 Å². The number of hydrogen-bond acceptors (Lipinski definition) is 6. The zero-order valence-electron chi connectivity index (χ0n) is 11.1. The smallest absolute Gasteiger partial charge is 0.129 e. The third-order valence-electron chi connectivity index (χ3n) is 3.52. The van der Waals surface area contributed by atoms with Crippen molar-refractivity contribution in [2.75, 3.05) is 11.9 Å². The van der Waals surface area contributed by atoms with E-state index in [4.69, 9.17) is 0 Å². The van der Waals surface area contributed by atoms with E-state index in [0.717, 1.165) is 43.0 Å². The monoisotopic (exact) mass is 271 g/mol. The first kappa shape index (κ1) is 12.9. The van der Waals surface area contributed by atoms with Crippen LogP contribution in [0.4, 0.5) is 5.82 Å². The summed E-state index contributed by atoms with van der Waals surface area (Å²) in [5.41, 5.74) is 1.96. The zero-order valence-corrected chi connectivity index (χ0v) is 11.1. The number of aliphatic hydroxyl groups is 1. The Morgan fingerprint density at radius 1 is 1.20 bits per heavy atom. The van der Waals surface area contributed by atoms with Crippen molar-refractivity contribution in [3.63, 3.8) is 0 Å². The van der Waals surface area contributed by atoms with E-state index in [9.17, 15) is 5.11 Å². The molecule has 2 heterocycles. The van der Waals surface area contributed by atoms with Crippen LogP contribution in [0.2, 0.25) is 0 Å². The van der Waals surface area contributed by atoms with E-state index in [2.05, 4.69) is 25.3 Å². The van der Waals surface area contributed by atoms with Crippen LogP contribution in [0.3, 0.4) is 0 Å². The molecule has 0 aromatic carbocycles. The largest absolute Gasteiger partial charge is 0.393 e. The van der Waals surface area contributed by atoms with Gasteiger partial charge in [-0.2, -0.15) is 0 Å². The fourth-order valence-electron chi connectivity index (χ4n) is 2.30. The van der Waals surface area contributed by atoms with Gasteiger partial charge in [0, 0.05) is 49.2 Å². The zero-order chi connectivity index (χ0) is 13.8. The standard InChI is InChI=1S/C14H17N5O/c20-12-5-10(6-12)13-7-14(19-9-18-13)17-2-1-11-8-15-3-4-16-11/h3-4,7-10,12,20H,1-2,5-6H2,(H,17,18,19). The number of nitrogens with zero attached hydrogens (tertiary/aromatic N) is 4. The first-order valence-electron chi connectivity index (χ1n) is 6.80. The molecule has 0 amide bonds. The van der Waals surface area contributed by atoms with Gasteiger partial charge < -0.3 is 10.4 Å². The van der Waals surface area contributed by atoms with Crippen LogP contribution in [0.1, 0.15) is 30.1 Å². The highest BCUT2D eigenvalue weighted by Gasteiger charge is 2.29. The molecule has 0 saturated heterocycles. The average Bonchev–Trinajstić information content (AvgIpc) is 2.45. The molecule has 0 spiro atoms. The average molecular weight is 271 g/mol. The second-order valence-corrected chi connectivity index (χ2v) is 5.02. The topological polar surface area (TPSA) is 83.8 Å². The van der Waals surface area contributed by atoms with E-state index in [1.807, 2.05) is 6.07 Å². The van der Waals surface area contributed by atoms with E-state index in [1.54, 1.807) is 24.9 Å². The van der Waals surface area contributed by atoms with E-state index >= 15 is 0 Å². The van der Waals surface area contributed by atoms with Crippen LogP contribution in [0, 0.1) is 0 Å². The highest BCUT2D eigenvalue weighted by atomic mass is 16.3. The Morgan fingerprint density at radius 3 is 2.85 bits per heavy atom. The molecular weight excluding hydrogens is 254 g/mol. The molecule has 0 radical (unpaired) electrons. The number of aliphatic hydroxyl groups excluding tert-OH is 1. The van der Waals surface area contributed by atoms with Gasteiger partial charge in [-0.05, 0) is 12.8 Å². The molecule has 0 atom stereocenters. The van der Waals surface area contributed by atoms with Crippen molar-refractivity contribution >= 4 is 5.82 Å². The summed E-state index contributed by atoms with van der Waals surface area (Å²) < 4.78 is 0. The Bertz CT molecular complexity index is 557. The van der Waals surface area contributed by atoms with Gasteiger partial charge in [-0.15, -0.1) is 0 Å².